The van der Waals surface area contributed by atoms with Crippen molar-refractivity contribution in [1.29, 1.82) is 0 Å². The average molecular weight is 629 g/mol. The lowest BCUT2D eigenvalue weighted by Crippen LogP contribution is -2.53. The Hall–Kier alpha value is -4.36. The molecule has 4 unspecified atom stereocenters. The minimum absolute atomic E-state index is 0.0771. The van der Waals surface area contributed by atoms with E-state index in [0.29, 0.717) is 40.5 Å². The van der Waals surface area contributed by atoms with Gasteiger partial charge in [-0.2, -0.15) is 0 Å². The SMILES string of the molecule is CC1CC(C)CC(N)(Nc2cccc3c2C(=O)/C(=C2/C(=O)C(c4ccc5cccc6c5c4NC4(CC(C)CC(C)C4)N6)=C2O)C=C3)C1. The zero-order chi connectivity index (χ0) is 32.8. The zero-order valence-corrected chi connectivity index (χ0v) is 27.7. The third-order valence-electron chi connectivity index (χ3n) is 11.1. The number of ketones is 2. The fourth-order valence-electron chi connectivity index (χ4n) is 9.78. The standard InChI is InChI=1S/C40H44N4O3/c1-21-15-22(2)18-39(41,17-21)42-30-10-6-8-26-12-14-28(36(45)32(26)30)34-37(46)33(38(34)47)27-13-11-25-7-5-9-29-31(25)35(27)44-40(43-29)19-23(3)16-24(4)20-40/h5-14,21-24,42-44,46H,15-20,41H2,1-4H3/b34-28+. The Morgan fingerprint density at radius 3 is 2.17 bits per heavy atom. The van der Waals surface area contributed by atoms with Gasteiger partial charge in [0.05, 0.1) is 28.1 Å². The van der Waals surface area contributed by atoms with E-state index in [1.54, 1.807) is 6.08 Å². The number of rotatable bonds is 3. The molecule has 3 aromatic carbocycles. The maximum Gasteiger partial charge on any atom is 0.201 e. The van der Waals surface area contributed by atoms with E-state index in [1.807, 2.05) is 36.4 Å². The van der Waals surface area contributed by atoms with Gasteiger partial charge in [-0.1, -0.05) is 70.2 Å². The molecule has 5 aliphatic rings. The largest absolute Gasteiger partial charge is 0.506 e. The van der Waals surface area contributed by atoms with Crippen LogP contribution in [0.15, 0.2) is 71.5 Å². The summed E-state index contributed by atoms with van der Waals surface area (Å²) in [5.41, 5.74) is 11.0. The second kappa shape index (κ2) is 10.6. The van der Waals surface area contributed by atoms with Gasteiger partial charge in [0, 0.05) is 27.9 Å². The first-order valence-corrected chi connectivity index (χ1v) is 17.2. The quantitative estimate of drug-likeness (QED) is 0.146. The first-order chi connectivity index (χ1) is 22.4. The van der Waals surface area contributed by atoms with Crippen LogP contribution >= 0.6 is 0 Å². The third-order valence-corrected chi connectivity index (χ3v) is 11.1. The number of carbonyl (C=O) groups excluding carboxylic acids is 2. The van der Waals surface area contributed by atoms with Gasteiger partial charge < -0.3 is 26.8 Å². The monoisotopic (exact) mass is 628 g/mol. The van der Waals surface area contributed by atoms with Crippen LogP contribution < -0.4 is 21.7 Å². The van der Waals surface area contributed by atoms with E-state index in [4.69, 9.17) is 5.73 Å². The molecule has 4 aliphatic carbocycles. The van der Waals surface area contributed by atoms with Gasteiger partial charge in [0.25, 0.3) is 0 Å². The molecule has 0 bridgehead atoms. The van der Waals surface area contributed by atoms with E-state index in [9.17, 15) is 14.7 Å². The number of nitrogens with one attached hydrogen (secondary N) is 3. The second-order valence-corrected chi connectivity index (χ2v) is 15.5. The highest BCUT2D eigenvalue weighted by molar-refractivity contribution is 6.43. The number of allylic oxidation sites excluding steroid dienone is 4. The Bertz CT molecular complexity index is 1950. The molecular formula is C40H44N4O3. The molecule has 1 spiro atoms. The van der Waals surface area contributed by atoms with Gasteiger partial charge in [0.2, 0.25) is 5.78 Å². The molecule has 1 heterocycles. The van der Waals surface area contributed by atoms with Crippen molar-refractivity contribution in [2.24, 2.45) is 29.4 Å². The zero-order valence-electron chi connectivity index (χ0n) is 27.7. The van der Waals surface area contributed by atoms with Crippen molar-refractivity contribution in [2.75, 3.05) is 16.0 Å². The molecule has 7 nitrogen and oxygen atoms in total. The average Bonchev–Trinajstić information content (AvgIpc) is 2.98. The number of nitrogens with two attached hydrogens (primary N) is 1. The predicted molar refractivity (Wildman–Crippen MR) is 190 cm³/mol. The maximum absolute atomic E-state index is 14.2. The maximum atomic E-state index is 14.2. The van der Waals surface area contributed by atoms with Gasteiger partial charge in [-0.3, -0.25) is 9.59 Å². The van der Waals surface area contributed by atoms with Crippen molar-refractivity contribution in [3.05, 3.63) is 88.2 Å². The van der Waals surface area contributed by atoms with Crippen LogP contribution in [0.1, 0.15) is 87.7 Å². The third kappa shape index (κ3) is 4.81. The van der Waals surface area contributed by atoms with Gasteiger partial charge in [-0.05, 0) is 91.4 Å². The van der Waals surface area contributed by atoms with Gasteiger partial charge in [0.1, 0.15) is 11.4 Å². The molecule has 7 heteroatoms. The summed E-state index contributed by atoms with van der Waals surface area (Å²) in [5, 5.41) is 24.9. The number of aliphatic hydroxyl groups excluding tert-OH is 1. The molecule has 4 atom stereocenters. The van der Waals surface area contributed by atoms with Crippen LogP contribution in [0, 0.1) is 23.7 Å². The van der Waals surface area contributed by atoms with Crippen molar-refractivity contribution in [3.8, 4) is 0 Å². The van der Waals surface area contributed by atoms with E-state index in [-0.39, 0.29) is 39.7 Å². The highest BCUT2D eigenvalue weighted by atomic mass is 16.3. The first-order valence-electron chi connectivity index (χ1n) is 17.2. The normalized spacial score (nSPS) is 33.0. The smallest absolute Gasteiger partial charge is 0.201 e. The molecule has 2 saturated carbocycles. The molecular weight excluding hydrogens is 584 g/mol. The molecule has 242 valence electrons. The number of aliphatic hydroxyl groups is 1. The number of hydrogen-bond acceptors (Lipinski definition) is 7. The molecule has 6 N–H and O–H groups in total. The van der Waals surface area contributed by atoms with E-state index in [1.165, 1.54) is 6.42 Å². The van der Waals surface area contributed by atoms with Crippen molar-refractivity contribution in [1.82, 2.24) is 0 Å². The van der Waals surface area contributed by atoms with Gasteiger partial charge >= 0.3 is 0 Å². The Balaban J connectivity index is 1.19. The number of anilines is 3. The number of hydrogen-bond donors (Lipinski definition) is 5. The highest BCUT2D eigenvalue weighted by Gasteiger charge is 2.45. The number of carbonyl (C=O) groups is 2. The molecule has 1 aliphatic heterocycles. The Morgan fingerprint density at radius 2 is 1.47 bits per heavy atom. The van der Waals surface area contributed by atoms with Gasteiger partial charge in [0.15, 0.2) is 5.78 Å². The summed E-state index contributed by atoms with van der Waals surface area (Å²) in [6.45, 7) is 9.03. The summed E-state index contributed by atoms with van der Waals surface area (Å²) in [4.78, 5) is 28.3. The molecule has 0 saturated heterocycles. The second-order valence-electron chi connectivity index (χ2n) is 15.5. The van der Waals surface area contributed by atoms with E-state index < -0.39 is 5.66 Å². The number of Topliss-reactive ketones (excluding diaryl/α,β-unsaturated/α-hetero) is 2. The molecule has 0 amide bonds. The minimum atomic E-state index is -0.633. The van der Waals surface area contributed by atoms with Crippen LogP contribution in [0.2, 0.25) is 0 Å². The molecule has 8 rings (SSSR count). The lowest BCUT2D eigenvalue weighted by atomic mass is 9.73. The van der Waals surface area contributed by atoms with E-state index in [0.717, 1.165) is 59.8 Å². The molecule has 2 fully saturated rings. The van der Waals surface area contributed by atoms with Gasteiger partial charge in [-0.25, -0.2) is 0 Å². The molecule has 0 radical (unpaired) electrons. The fourth-order valence-corrected chi connectivity index (χ4v) is 9.78. The Kier molecular flexibility index (Phi) is 6.75. The van der Waals surface area contributed by atoms with Crippen molar-refractivity contribution >= 4 is 51.1 Å². The van der Waals surface area contributed by atoms with Crippen LogP contribution in [-0.4, -0.2) is 28.0 Å². The number of benzene rings is 3. The summed E-state index contributed by atoms with van der Waals surface area (Å²) in [5.74, 6) is 1.28. The van der Waals surface area contributed by atoms with Crippen LogP contribution in [0.5, 0.6) is 0 Å². The first kappa shape index (κ1) is 30.0. The van der Waals surface area contributed by atoms with Crippen LogP contribution in [0.25, 0.3) is 22.4 Å². The Morgan fingerprint density at radius 1 is 0.787 bits per heavy atom. The topological polar surface area (TPSA) is 116 Å². The van der Waals surface area contributed by atoms with Crippen molar-refractivity contribution < 1.29 is 14.7 Å². The number of fused-ring (bicyclic) bond motifs is 1. The van der Waals surface area contributed by atoms with Crippen LogP contribution in [0.3, 0.4) is 0 Å². The van der Waals surface area contributed by atoms with E-state index >= 15 is 0 Å². The summed E-state index contributed by atoms with van der Waals surface area (Å²) in [7, 11) is 0. The lowest BCUT2D eigenvalue weighted by molar-refractivity contribution is -0.111. The molecule has 0 aromatic heterocycles. The van der Waals surface area contributed by atoms with Crippen LogP contribution in [0.4, 0.5) is 17.1 Å². The summed E-state index contributed by atoms with van der Waals surface area (Å²) < 4.78 is 0. The predicted octanol–water partition coefficient (Wildman–Crippen LogP) is 8.41. The molecule has 3 aromatic rings. The summed E-state index contributed by atoms with van der Waals surface area (Å²) in [6, 6.07) is 15.9. The van der Waals surface area contributed by atoms with Gasteiger partial charge in [-0.15, -0.1) is 0 Å². The fraction of sp³-hybridized carbons (Fsp3) is 0.400. The van der Waals surface area contributed by atoms with Crippen LogP contribution in [-0.2, 0) is 4.79 Å². The minimum Gasteiger partial charge on any atom is -0.506 e. The highest BCUT2D eigenvalue weighted by Crippen LogP contribution is 2.51. The summed E-state index contributed by atoms with van der Waals surface area (Å²) >= 11 is 0. The van der Waals surface area contributed by atoms with Crippen molar-refractivity contribution in [3.63, 3.8) is 0 Å². The van der Waals surface area contributed by atoms with Crippen molar-refractivity contribution in [2.45, 2.75) is 77.5 Å². The lowest BCUT2D eigenvalue weighted by Gasteiger charge is -2.48. The Labute approximate surface area is 276 Å². The molecule has 47 heavy (non-hydrogen) atoms. The summed E-state index contributed by atoms with van der Waals surface area (Å²) in [6.07, 6.45) is 9.35. The van der Waals surface area contributed by atoms with E-state index in [2.05, 4.69) is 61.8 Å².